The van der Waals surface area contributed by atoms with Crippen molar-refractivity contribution in [2.45, 2.75) is 32.2 Å². The van der Waals surface area contributed by atoms with Gasteiger partial charge in [0, 0.05) is 12.1 Å². The van der Waals surface area contributed by atoms with E-state index in [0.717, 1.165) is 12.3 Å². The molecule has 0 amide bonds. The Kier molecular flexibility index (Phi) is 7.99. The van der Waals surface area contributed by atoms with Crippen LogP contribution in [0.5, 0.6) is 5.75 Å². The van der Waals surface area contributed by atoms with Crippen LogP contribution in [0.15, 0.2) is 24.3 Å². The van der Waals surface area contributed by atoms with Crippen molar-refractivity contribution in [2.75, 3.05) is 20.2 Å². The molecule has 1 aliphatic rings. The lowest BCUT2D eigenvalue weighted by atomic mass is 10.2. The van der Waals surface area contributed by atoms with Gasteiger partial charge in [-0.15, -0.1) is 0 Å². The highest BCUT2D eigenvalue weighted by Crippen LogP contribution is 2.20. The molecule has 6 nitrogen and oxygen atoms in total. The van der Waals surface area contributed by atoms with Crippen LogP contribution in [0.3, 0.4) is 0 Å². The third-order valence-electron chi connectivity index (χ3n) is 3.47. The number of carbonyl (C=O) groups is 2. The number of likely N-dealkylation sites (tertiary alicyclic amines) is 1. The van der Waals surface area contributed by atoms with Crippen molar-refractivity contribution in [1.29, 1.82) is 0 Å². The lowest BCUT2D eigenvalue weighted by Crippen LogP contribution is -2.24. The highest BCUT2D eigenvalue weighted by atomic mass is 16.5. The van der Waals surface area contributed by atoms with Gasteiger partial charge >= 0.3 is 11.9 Å². The highest BCUT2D eigenvalue weighted by Gasteiger charge is 2.11. The van der Waals surface area contributed by atoms with E-state index in [1.54, 1.807) is 7.11 Å². The quantitative estimate of drug-likeness (QED) is 0.833. The fourth-order valence-electron chi connectivity index (χ4n) is 2.37. The van der Waals surface area contributed by atoms with Gasteiger partial charge in [0.15, 0.2) is 0 Å². The van der Waals surface area contributed by atoms with Crippen LogP contribution < -0.4 is 4.74 Å². The average molecular weight is 309 g/mol. The van der Waals surface area contributed by atoms with E-state index in [9.17, 15) is 0 Å². The van der Waals surface area contributed by atoms with Crippen LogP contribution >= 0.6 is 0 Å². The van der Waals surface area contributed by atoms with Gasteiger partial charge < -0.3 is 14.9 Å². The minimum Gasteiger partial charge on any atom is -0.496 e. The third kappa shape index (κ3) is 6.58. The second-order valence-corrected chi connectivity index (χ2v) is 5.11. The van der Waals surface area contributed by atoms with E-state index in [0.29, 0.717) is 0 Å². The Balaban J connectivity index is 0.000000346. The van der Waals surface area contributed by atoms with Crippen molar-refractivity contribution in [3.05, 3.63) is 29.8 Å². The van der Waals surface area contributed by atoms with E-state index in [-0.39, 0.29) is 0 Å². The number of methoxy groups -OCH3 is 1. The monoisotopic (exact) mass is 309 g/mol. The molecule has 0 atom stereocenters. The smallest absolute Gasteiger partial charge is 0.414 e. The molecule has 122 valence electrons. The number of benzene rings is 1. The van der Waals surface area contributed by atoms with E-state index >= 15 is 0 Å². The van der Waals surface area contributed by atoms with Crippen LogP contribution in [0.4, 0.5) is 0 Å². The van der Waals surface area contributed by atoms with Crippen LogP contribution in [0.25, 0.3) is 0 Å². The summed E-state index contributed by atoms with van der Waals surface area (Å²) < 4.78 is 5.39. The number of para-hydroxylation sites is 1. The van der Waals surface area contributed by atoms with Crippen molar-refractivity contribution in [1.82, 2.24) is 4.90 Å². The molecule has 0 spiro atoms. The van der Waals surface area contributed by atoms with E-state index < -0.39 is 11.9 Å². The highest BCUT2D eigenvalue weighted by molar-refractivity contribution is 6.27. The molecular weight excluding hydrogens is 286 g/mol. The number of aliphatic carboxylic acids is 2. The maximum Gasteiger partial charge on any atom is 0.414 e. The molecule has 1 saturated heterocycles. The van der Waals surface area contributed by atoms with Gasteiger partial charge in [0.1, 0.15) is 5.75 Å². The molecule has 22 heavy (non-hydrogen) atoms. The van der Waals surface area contributed by atoms with Crippen molar-refractivity contribution in [3.63, 3.8) is 0 Å². The fraction of sp³-hybridized carbons (Fsp3) is 0.500. The predicted molar refractivity (Wildman–Crippen MR) is 82.0 cm³/mol. The molecule has 0 bridgehead atoms. The number of carboxylic acid groups (broad SMARTS) is 2. The zero-order chi connectivity index (χ0) is 16.4. The second-order valence-electron chi connectivity index (χ2n) is 5.11. The van der Waals surface area contributed by atoms with Crippen LogP contribution in [-0.4, -0.2) is 47.3 Å². The number of hydrogen-bond acceptors (Lipinski definition) is 4. The van der Waals surface area contributed by atoms with Gasteiger partial charge in [-0.2, -0.15) is 0 Å². The van der Waals surface area contributed by atoms with Gasteiger partial charge in [-0.05, 0) is 32.0 Å². The normalized spacial score (nSPS) is 15.1. The molecule has 2 rings (SSSR count). The Morgan fingerprint density at radius 2 is 1.59 bits per heavy atom. The van der Waals surface area contributed by atoms with E-state index in [1.165, 1.54) is 44.3 Å². The zero-order valence-electron chi connectivity index (χ0n) is 12.8. The van der Waals surface area contributed by atoms with Crippen LogP contribution in [0, 0.1) is 0 Å². The first-order chi connectivity index (χ1) is 10.5. The third-order valence-corrected chi connectivity index (χ3v) is 3.47. The summed E-state index contributed by atoms with van der Waals surface area (Å²) in [5.74, 6) is -2.63. The van der Waals surface area contributed by atoms with Crippen LogP contribution in [0.2, 0.25) is 0 Å². The molecule has 0 aliphatic carbocycles. The number of rotatable bonds is 3. The minimum atomic E-state index is -1.82. The molecule has 1 fully saturated rings. The Morgan fingerprint density at radius 1 is 1.05 bits per heavy atom. The number of nitrogens with zero attached hydrogens (tertiary/aromatic N) is 1. The molecule has 6 heteroatoms. The summed E-state index contributed by atoms with van der Waals surface area (Å²) in [6, 6.07) is 8.34. The van der Waals surface area contributed by atoms with E-state index in [1.807, 2.05) is 12.1 Å². The molecule has 1 aromatic carbocycles. The Labute approximate surface area is 130 Å². The summed E-state index contributed by atoms with van der Waals surface area (Å²) in [5, 5.41) is 14.8. The molecule has 1 aliphatic heterocycles. The standard InChI is InChI=1S/C14H21NO.C2H2O4/c1-16-14-9-5-4-8-13(14)12-15-10-6-2-3-7-11-15;3-1(4)2(5)6/h4-5,8-9H,2-3,6-7,10-12H2,1H3;(H,3,4)(H,5,6). The van der Waals surface area contributed by atoms with Crippen LogP contribution in [0.1, 0.15) is 31.2 Å². The molecular formula is C16H23NO5. The maximum atomic E-state index is 9.10. The molecule has 0 unspecified atom stereocenters. The summed E-state index contributed by atoms with van der Waals surface area (Å²) in [4.78, 5) is 20.7. The Bertz CT molecular complexity index is 469. The van der Waals surface area contributed by atoms with Crippen molar-refractivity contribution in [3.8, 4) is 5.75 Å². The van der Waals surface area contributed by atoms with Crippen molar-refractivity contribution in [2.24, 2.45) is 0 Å². The van der Waals surface area contributed by atoms with Crippen LogP contribution in [-0.2, 0) is 16.1 Å². The Morgan fingerprint density at radius 3 is 2.09 bits per heavy atom. The summed E-state index contributed by atoms with van der Waals surface area (Å²) in [7, 11) is 1.75. The average Bonchev–Trinajstić information content (AvgIpc) is 2.77. The Hall–Kier alpha value is -2.08. The summed E-state index contributed by atoms with van der Waals surface area (Å²) in [5.41, 5.74) is 1.31. The van der Waals surface area contributed by atoms with Gasteiger partial charge in [0.25, 0.3) is 0 Å². The second kappa shape index (κ2) is 9.78. The first kappa shape index (κ1) is 18.0. The topological polar surface area (TPSA) is 87.1 Å². The first-order valence-electron chi connectivity index (χ1n) is 7.35. The van der Waals surface area contributed by atoms with Crippen molar-refractivity contribution >= 4 is 11.9 Å². The largest absolute Gasteiger partial charge is 0.496 e. The number of hydrogen-bond donors (Lipinski definition) is 2. The fourth-order valence-corrected chi connectivity index (χ4v) is 2.37. The van der Waals surface area contributed by atoms with Gasteiger partial charge in [0.05, 0.1) is 7.11 Å². The molecule has 1 aromatic rings. The molecule has 0 saturated carbocycles. The number of carboxylic acids is 2. The lowest BCUT2D eigenvalue weighted by Gasteiger charge is -2.20. The zero-order valence-corrected chi connectivity index (χ0v) is 12.8. The maximum absolute atomic E-state index is 9.10. The minimum absolute atomic E-state index is 1.02. The SMILES string of the molecule is COc1ccccc1CN1CCCCCC1.O=C(O)C(=O)O. The lowest BCUT2D eigenvalue weighted by molar-refractivity contribution is -0.159. The van der Waals surface area contributed by atoms with Gasteiger partial charge in [-0.25, -0.2) is 9.59 Å². The van der Waals surface area contributed by atoms with Gasteiger partial charge in [-0.1, -0.05) is 31.0 Å². The van der Waals surface area contributed by atoms with Gasteiger partial charge in [-0.3, -0.25) is 4.90 Å². The van der Waals surface area contributed by atoms with Crippen molar-refractivity contribution < 1.29 is 24.5 Å². The van der Waals surface area contributed by atoms with Gasteiger partial charge in [0.2, 0.25) is 0 Å². The molecule has 1 heterocycles. The molecule has 0 aromatic heterocycles. The van der Waals surface area contributed by atoms with E-state index in [4.69, 9.17) is 24.5 Å². The van der Waals surface area contributed by atoms with E-state index in [2.05, 4.69) is 17.0 Å². The molecule has 0 radical (unpaired) electrons. The summed E-state index contributed by atoms with van der Waals surface area (Å²) >= 11 is 0. The predicted octanol–water partition coefficient (Wildman–Crippen LogP) is 2.23. The number of ether oxygens (including phenoxy) is 1. The first-order valence-corrected chi connectivity index (χ1v) is 7.35. The summed E-state index contributed by atoms with van der Waals surface area (Å²) in [6.07, 6.45) is 5.47. The molecule has 2 N–H and O–H groups in total. The summed E-state index contributed by atoms with van der Waals surface area (Å²) in [6.45, 7) is 3.50.